The van der Waals surface area contributed by atoms with Gasteiger partial charge in [-0.3, -0.25) is 0 Å². The molecule has 18 heavy (non-hydrogen) atoms. The van der Waals surface area contributed by atoms with E-state index in [1.54, 1.807) is 0 Å². The Morgan fingerprint density at radius 1 is 1.00 bits per heavy atom. The van der Waals surface area contributed by atoms with E-state index in [0.717, 1.165) is 25.0 Å². The Hall–Kier alpha value is -0.0800. The van der Waals surface area contributed by atoms with Gasteiger partial charge in [-0.1, -0.05) is 20.8 Å². The SMILES string of the molecule is CC(C)(C)C1CCN(CCC2CCOCC2)CC1. The van der Waals surface area contributed by atoms with Crippen molar-refractivity contribution in [1.82, 2.24) is 4.90 Å². The number of ether oxygens (including phenoxy) is 1. The lowest BCUT2D eigenvalue weighted by atomic mass is 9.75. The van der Waals surface area contributed by atoms with Crippen molar-refractivity contribution in [1.29, 1.82) is 0 Å². The zero-order chi connectivity index (χ0) is 13.0. The van der Waals surface area contributed by atoms with Crippen LogP contribution in [0.15, 0.2) is 0 Å². The molecule has 2 heterocycles. The van der Waals surface area contributed by atoms with E-state index in [4.69, 9.17) is 4.74 Å². The molecular weight excluding hydrogens is 222 g/mol. The van der Waals surface area contributed by atoms with Gasteiger partial charge in [0.15, 0.2) is 0 Å². The highest BCUT2D eigenvalue weighted by atomic mass is 16.5. The molecule has 0 aliphatic carbocycles. The van der Waals surface area contributed by atoms with E-state index in [1.165, 1.54) is 51.7 Å². The van der Waals surface area contributed by atoms with Gasteiger partial charge < -0.3 is 9.64 Å². The molecule has 0 aromatic carbocycles. The van der Waals surface area contributed by atoms with Crippen molar-refractivity contribution in [2.45, 2.75) is 52.9 Å². The normalized spacial score (nSPS) is 25.5. The minimum atomic E-state index is 0.507. The molecule has 0 saturated carbocycles. The summed E-state index contributed by atoms with van der Waals surface area (Å²) in [6.07, 6.45) is 6.77. The molecule has 2 saturated heterocycles. The average Bonchev–Trinajstić information content (AvgIpc) is 2.37. The van der Waals surface area contributed by atoms with Gasteiger partial charge in [-0.05, 0) is 69.0 Å². The molecule has 0 unspecified atom stereocenters. The first kappa shape index (κ1) is 14.3. The fourth-order valence-corrected chi connectivity index (χ4v) is 3.42. The lowest BCUT2D eigenvalue weighted by Gasteiger charge is -2.39. The Labute approximate surface area is 113 Å². The lowest BCUT2D eigenvalue weighted by Crippen LogP contribution is -2.39. The first-order chi connectivity index (χ1) is 8.55. The molecule has 2 heteroatoms. The van der Waals surface area contributed by atoms with Crippen LogP contribution in [0.1, 0.15) is 52.9 Å². The molecule has 0 spiro atoms. The van der Waals surface area contributed by atoms with Gasteiger partial charge in [-0.25, -0.2) is 0 Å². The third kappa shape index (κ3) is 4.24. The number of piperidine rings is 1. The standard InChI is InChI=1S/C16H31NO/c1-16(2,3)15-5-10-17(11-6-15)9-4-14-7-12-18-13-8-14/h14-15H,4-13H2,1-3H3. The van der Waals surface area contributed by atoms with Crippen LogP contribution in [0.4, 0.5) is 0 Å². The Morgan fingerprint density at radius 3 is 2.17 bits per heavy atom. The van der Waals surface area contributed by atoms with E-state index in [1.807, 2.05) is 0 Å². The predicted octanol–water partition coefficient (Wildman–Crippen LogP) is 3.56. The first-order valence-corrected chi connectivity index (χ1v) is 7.86. The molecule has 0 amide bonds. The van der Waals surface area contributed by atoms with Gasteiger partial charge in [-0.15, -0.1) is 0 Å². The third-order valence-electron chi connectivity index (χ3n) is 5.01. The molecule has 2 aliphatic heterocycles. The van der Waals surface area contributed by atoms with E-state index in [-0.39, 0.29) is 0 Å². The number of rotatable bonds is 3. The molecule has 2 aliphatic rings. The average molecular weight is 253 g/mol. The molecular formula is C16H31NO. The number of hydrogen-bond donors (Lipinski definition) is 0. The van der Waals surface area contributed by atoms with Crippen molar-refractivity contribution in [2.24, 2.45) is 17.3 Å². The summed E-state index contributed by atoms with van der Waals surface area (Å²) in [5.41, 5.74) is 0.507. The van der Waals surface area contributed by atoms with Crippen molar-refractivity contribution in [3.8, 4) is 0 Å². The minimum Gasteiger partial charge on any atom is -0.381 e. The Bertz CT molecular complexity index is 232. The first-order valence-electron chi connectivity index (χ1n) is 7.86. The van der Waals surface area contributed by atoms with Gasteiger partial charge in [0.25, 0.3) is 0 Å². The van der Waals surface area contributed by atoms with Gasteiger partial charge >= 0.3 is 0 Å². The molecule has 0 bridgehead atoms. The summed E-state index contributed by atoms with van der Waals surface area (Å²) >= 11 is 0. The highest BCUT2D eigenvalue weighted by Gasteiger charge is 2.28. The quantitative estimate of drug-likeness (QED) is 0.762. The minimum absolute atomic E-state index is 0.507. The van der Waals surface area contributed by atoms with Crippen LogP contribution in [0.25, 0.3) is 0 Å². The summed E-state index contributed by atoms with van der Waals surface area (Å²) in [5, 5.41) is 0. The molecule has 0 radical (unpaired) electrons. The van der Waals surface area contributed by atoms with Crippen LogP contribution in [-0.4, -0.2) is 37.7 Å². The second-order valence-electron chi connectivity index (χ2n) is 7.33. The molecule has 106 valence electrons. The summed E-state index contributed by atoms with van der Waals surface area (Å²) in [5.74, 6) is 1.86. The largest absolute Gasteiger partial charge is 0.381 e. The van der Waals surface area contributed by atoms with Crippen LogP contribution in [0.2, 0.25) is 0 Å². The second-order valence-corrected chi connectivity index (χ2v) is 7.33. The van der Waals surface area contributed by atoms with Gasteiger partial charge in [0.2, 0.25) is 0 Å². The van der Waals surface area contributed by atoms with Crippen molar-refractivity contribution < 1.29 is 4.74 Å². The number of nitrogens with zero attached hydrogens (tertiary/aromatic N) is 1. The fourth-order valence-electron chi connectivity index (χ4n) is 3.42. The topological polar surface area (TPSA) is 12.5 Å². The highest BCUT2D eigenvalue weighted by molar-refractivity contribution is 4.81. The van der Waals surface area contributed by atoms with Crippen LogP contribution >= 0.6 is 0 Å². The maximum atomic E-state index is 5.43. The van der Waals surface area contributed by atoms with Crippen molar-refractivity contribution >= 4 is 0 Å². The van der Waals surface area contributed by atoms with Gasteiger partial charge in [0, 0.05) is 13.2 Å². The van der Waals surface area contributed by atoms with Crippen molar-refractivity contribution in [2.75, 3.05) is 32.8 Å². The summed E-state index contributed by atoms with van der Waals surface area (Å²) in [4.78, 5) is 2.69. The Morgan fingerprint density at radius 2 is 1.61 bits per heavy atom. The fraction of sp³-hybridized carbons (Fsp3) is 1.00. The zero-order valence-corrected chi connectivity index (χ0v) is 12.6. The van der Waals surface area contributed by atoms with Gasteiger partial charge in [0.05, 0.1) is 0 Å². The van der Waals surface area contributed by atoms with Crippen molar-refractivity contribution in [3.05, 3.63) is 0 Å². The highest BCUT2D eigenvalue weighted by Crippen LogP contribution is 2.34. The Balaban J connectivity index is 1.64. The van der Waals surface area contributed by atoms with Crippen LogP contribution in [0.5, 0.6) is 0 Å². The molecule has 0 N–H and O–H groups in total. The van der Waals surface area contributed by atoms with E-state index >= 15 is 0 Å². The molecule has 2 rings (SSSR count). The zero-order valence-electron chi connectivity index (χ0n) is 12.6. The maximum absolute atomic E-state index is 5.43. The van der Waals surface area contributed by atoms with Gasteiger partial charge in [0.1, 0.15) is 0 Å². The summed E-state index contributed by atoms with van der Waals surface area (Å²) in [6.45, 7) is 13.2. The lowest BCUT2D eigenvalue weighted by molar-refractivity contribution is 0.0550. The summed E-state index contributed by atoms with van der Waals surface area (Å²) in [6, 6.07) is 0. The van der Waals surface area contributed by atoms with Crippen molar-refractivity contribution in [3.63, 3.8) is 0 Å². The van der Waals surface area contributed by atoms with E-state index in [2.05, 4.69) is 25.7 Å². The third-order valence-corrected chi connectivity index (χ3v) is 5.01. The van der Waals surface area contributed by atoms with E-state index in [0.29, 0.717) is 5.41 Å². The maximum Gasteiger partial charge on any atom is 0.0468 e. The molecule has 0 aromatic heterocycles. The molecule has 0 atom stereocenters. The van der Waals surface area contributed by atoms with E-state index in [9.17, 15) is 0 Å². The number of hydrogen-bond acceptors (Lipinski definition) is 2. The second kappa shape index (κ2) is 6.38. The Kier molecular flexibility index (Phi) is 5.08. The molecule has 2 nitrogen and oxygen atoms in total. The molecule has 2 fully saturated rings. The van der Waals surface area contributed by atoms with Crippen LogP contribution in [0.3, 0.4) is 0 Å². The summed E-state index contributed by atoms with van der Waals surface area (Å²) in [7, 11) is 0. The van der Waals surface area contributed by atoms with Crippen LogP contribution < -0.4 is 0 Å². The predicted molar refractivity (Wildman–Crippen MR) is 76.8 cm³/mol. The monoisotopic (exact) mass is 253 g/mol. The smallest absolute Gasteiger partial charge is 0.0468 e. The molecule has 0 aromatic rings. The van der Waals surface area contributed by atoms with Crippen LogP contribution in [-0.2, 0) is 4.74 Å². The van der Waals surface area contributed by atoms with Gasteiger partial charge in [-0.2, -0.15) is 0 Å². The van der Waals surface area contributed by atoms with Crippen LogP contribution in [0, 0.1) is 17.3 Å². The van der Waals surface area contributed by atoms with E-state index < -0.39 is 0 Å². The summed E-state index contributed by atoms with van der Waals surface area (Å²) < 4.78 is 5.43. The number of likely N-dealkylation sites (tertiary alicyclic amines) is 1.